The van der Waals surface area contributed by atoms with Gasteiger partial charge in [0.25, 0.3) is 0 Å². The SMILES string of the molecule is NC(C(=O)O)c1csc(Nc2cc(Cl)ccc2Cl)n1. The van der Waals surface area contributed by atoms with Gasteiger partial charge >= 0.3 is 5.97 Å². The molecule has 2 rings (SSSR count). The molecule has 0 saturated carbocycles. The Morgan fingerprint density at radius 1 is 1.47 bits per heavy atom. The number of anilines is 2. The van der Waals surface area contributed by atoms with E-state index in [1.165, 1.54) is 11.3 Å². The molecule has 0 aliphatic carbocycles. The summed E-state index contributed by atoms with van der Waals surface area (Å²) in [5.74, 6) is -1.13. The number of halogens is 2. The second-order valence-electron chi connectivity index (χ2n) is 3.64. The lowest BCUT2D eigenvalue weighted by atomic mass is 10.2. The van der Waals surface area contributed by atoms with Crippen molar-refractivity contribution in [3.05, 3.63) is 39.3 Å². The van der Waals surface area contributed by atoms with Crippen LogP contribution in [0.25, 0.3) is 0 Å². The van der Waals surface area contributed by atoms with E-state index in [0.717, 1.165) is 0 Å². The van der Waals surface area contributed by atoms with Crippen LogP contribution in [-0.4, -0.2) is 16.1 Å². The van der Waals surface area contributed by atoms with Gasteiger partial charge in [-0.3, -0.25) is 4.79 Å². The van der Waals surface area contributed by atoms with E-state index in [4.69, 9.17) is 34.0 Å². The summed E-state index contributed by atoms with van der Waals surface area (Å²) < 4.78 is 0. The van der Waals surface area contributed by atoms with E-state index < -0.39 is 12.0 Å². The number of nitrogens with zero attached hydrogens (tertiary/aromatic N) is 1. The van der Waals surface area contributed by atoms with Crippen LogP contribution in [0.2, 0.25) is 10.0 Å². The number of carbonyl (C=O) groups is 1. The standard InChI is InChI=1S/C11H9Cl2N3O2S/c12-5-1-2-6(13)7(3-5)15-11-16-8(4-19-11)9(14)10(17)18/h1-4,9H,14H2,(H,15,16)(H,17,18). The van der Waals surface area contributed by atoms with Crippen molar-refractivity contribution >= 4 is 51.3 Å². The molecule has 1 atom stereocenters. The van der Waals surface area contributed by atoms with Gasteiger partial charge in [-0.05, 0) is 18.2 Å². The third-order valence-electron chi connectivity index (χ3n) is 2.28. The summed E-state index contributed by atoms with van der Waals surface area (Å²) in [5.41, 5.74) is 6.35. The Kier molecular flexibility index (Phi) is 4.26. The number of benzene rings is 1. The van der Waals surface area contributed by atoms with Crippen molar-refractivity contribution in [1.29, 1.82) is 0 Å². The lowest BCUT2D eigenvalue weighted by molar-refractivity contribution is -0.138. The van der Waals surface area contributed by atoms with Gasteiger partial charge in [-0.25, -0.2) is 4.98 Å². The van der Waals surface area contributed by atoms with E-state index in [-0.39, 0.29) is 5.69 Å². The highest BCUT2D eigenvalue weighted by atomic mass is 35.5. The molecule has 1 unspecified atom stereocenters. The second kappa shape index (κ2) is 5.75. The van der Waals surface area contributed by atoms with Gasteiger partial charge in [-0.2, -0.15) is 0 Å². The summed E-state index contributed by atoms with van der Waals surface area (Å²) in [6.45, 7) is 0. The lowest BCUT2D eigenvalue weighted by Crippen LogP contribution is -2.20. The molecule has 1 aromatic heterocycles. The molecule has 19 heavy (non-hydrogen) atoms. The topological polar surface area (TPSA) is 88.2 Å². The molecule has 0 aliphatic rings. The molecule has 2 aromatic rings. The van der Waals surface area contributed by atoms with E-state index in [2.05, 4.69) is 10.3 Å². The highest BCUT2D eigenvalue weighted by Crippen LogP contribution is 2.30. The number of carboxylic acids is 1. The van der Waals surface area contributed by atoms with Crippen LogP contribution in [-0.2, 0) is 4.79 Å². The maximum absolute atomic E-state index is 10.7. The first kappa shape index (κ1) is 14.1. The number of hydrogen-bond acceptors (Lipinski definition) is 5. The van der Waals surface area contributed by atoms with Gasteiger partial charge in [0.15, 0.2) is 5.13 Å². The number of thiazole rings is 1. The zero-order valence-electron chi connectivity index (χ0n) is 9.43. The van der Waals surface area contributed by atoms with Crippen molar-refractivity contribution in [1.82, 2.24) is 4.98 Å². The third-order valence-corrected chi connectivity index (χ3v) is 3.62. The summed E-state index contributed by atoms with van der Waals surface area (Å²) in [6, 6.07) is 3.84. The monoisotopic (exact) mass is 317 g/mol. The summed E-state index contributed by atoms with van der Waals surface area (Å²) >= 11 is 13.1. The fourth-order valence-corrected chi connectivity index (χ4v) is 2.42. The van der Waals surface area contributed by atoms with E-state index in [9.17, 15) is 4.79 Å². The molecule has 1 heterocycles. The highest BCUT2D eigenvalue weighted by Gasteiger charge is 2.17. The molecule has 5 nitrogen and oxygen atoms in total. The van der Waals surface area contributed by atoms with Crippen molar-refractivity contribution in [3.8, 4) is 0 Å². The van der Waals surface area contributed by atoms with Crippen LogP contribution >= 0.6 is 34.5 Å². The summed E-state index contributed by atoms with van der Waals surface area (Å²) in [5, 5.41) is 14.9. The number of aromatic nitrogens is 1. The largest absolute Gasteiger partial charge is 0.480 e. The highest BCUT2D eigenvalue weighted by molar-refractivity contribution is 7.13. The molecule has 8 heteroatoms. The predicted octanol–water partition coefficient (Wildman–Crippen LogP) is 3.28. The summed E-state index contributed by atoms with van der Waals surface area (Å²) in [6.07, 6.45) is 0. The Bertz CT molecular complexity index is 618. The number of hydrogen-bond donors (Lipinski definition) is 3. The first-order valence-corrected chi connectivity index (χ1v) is 6.77. The summed E-state index contributed by atoms with van der Waals surface area (Å²) in [4.78, 5) is 14.8. The molecule has 4 N–H and O–H groups in total. The molecule has 0 fully saturated rings. The van der Waals surface area contributed by atoms with Gasteiger partial charge in [0, 0.05) is 10.4 Å². The molecule has 0 radical (unpaired) electrons. The van der Waals surface area contributed by atoms with Gasteiger partial charge in [0.05, 0.1) is 16.4 Å². The van der Waals surface area contributed by atoms with E-state index in [1.54, 1.807) is 23.6 Å². The lowest BCUT2D eigenvalue weighted by Gasteiger charge is -2.05. The predicted molar refractivity (Wildman–Crippen MR) is 76.4 cm³/mol. The van der Waals surface area contributed by atoms with Crippen molar-refractivity contribution in [2.45, 2.75) is 6.04 Å². The zero-order valence-corrected chi connectivity index (χ0v) is 11.8. The smallest absolute Gasteiger partial charge is 0.326 e. The Balaban J connectivity index is 2.20. The minimum Gasteiger partial charge on any atom is -0.480 e. The van der Waals surface area contributed by atoms with Gasteiger partial charge in [-0.1, -0.05) is 23.2 Å². The Morgan fingerprint density at radius 2 is 2.21 bits per heavy atom. The van der Waals surface area contributed by atoms with Crippen molar-refractivity contribution in [2.75, 3.05) is 5.32 Å². The molecule has 0 spiro atoms. The fraction of sp³-hybridized carbons (Fsp3) is 0.0909. The molecule has 0 amide bonds. The average Bonchev–Trinajstić information content (AvgIpc) is 2.81. The number of nitrogens with two attached hydrogens (primary N) is 1. The number of rotatable bonds is 4. The van der Waals surface area contributed by atoms with Crippen molar-refractivity contribution in [2.24, 2.45) is 5.73 Å². The Morgan fingerprint density at radius 3 is 2.89 bits per heavy atom. The zero-order chi connectivity index (χ0) is 14.0. The minimum atomic E-state index is -1.14. The van der Waals surface area contributed by atoms with Crippen LogP contribution in [0.1, 0.15) is 11.7 Å². The van der Waals surface area contributed by atoms with Crippen LogP contribution in [0.5, 0.6) is 0 Å². The molecule has 0 saturated heterocycles. The minimum absolute atomic E-state index is 0.290. The first-order chi connectivity index (χ1) is 8.97. The number of aliphatic carboxylic acids is 1. The Labute approximate surface area is 123 Å². The molecule has 1 aromatic carbocycles. The van der Waals surface area contributed by atoms with Crippen molar-refractivity contribution in [3.63, 3.8) is 0 Å². The normalized spacial score (nSPS) is 12.2. The molecule has 0 aliphatic heterocycles. The van der Waals surface area contributed by atoms with Gasteiger partial charge in [-0.15, -0.1) is 11.3 Å². The van der Waals surface area contributed by atoms with E-state index >= 15 is 0 Å². The van der Waals surface area contributed by atoms with Gasteiger partial charge in [0.1, 0.15) is 6.04 Å². The van der Waals surface area contributed by atoms with Gasteiger partial charge < -0.3 is 16.2 Å². The second-order valence-corrected chi connectivity index (χ2v) is 5.34. The first-order valence-electron chi connectivity index (χ1n) is 5.13. The van der Waals surface area contributed by atoms with E-state index in [0.29, 0.717) is 20.9 Å². The molecular weight excluding hydrogens is 309 g/mol. The third kappa shape index (κ3) is 3.36. The number of carboxylic acid groups (broad SMARTS) is 1. The molecule has 100 valence electrons. The molecular formula is C11H9Cl2N3O2S. The Hall–Kier alpha value is -1.34. The van der Waals surface area contributed by atoms with Crippen LogP contribution in [0.15, 0.2) is 23.6 Å². The van der Waals surface area contributed by atoms with E-state index in [1.807, 2.05) is 0 Å². The fourth-order valence-electron chi connectivity index (χ4n) is 1.32. The van der Waals surface area contributed by atoms with Gasteiger partial charge in [0.2, 0.25) is 0 Å². The van der Waals surface area contributed by atoms with Crippen LogP contribution in [0.3, 0.4) is 0 Å². The average molecular weight is 318 g/mol. The van der Waals surface area contributed by atoms with Crippen LogP contribution in [0.4, 0.5) is 10.8 Å². The maximum atomic E-state index is 10.7. The number of nitrogens with one attached hydrogen (secondary N) is 1. The quantitative estimate of drug-likeness (QED) is 0.805. The molecule has 0 bridgehead atoms. The van der Waals surface area contributed by atoms with Crippen molar-refractivity contribution < 1.29 is 9.90 Å². The maximum Gasteiger partial charge on any atom is 0.326 e. The summed E-state index contributed by atoms with van der Waals surface area (Å²) in [7, 11) is 0. The van der Waals surface area contributed by atoms with Crippen LogP contribution in [0, 0.1) is 0 Å². The van der Waals surface area contributed by atoms with Crippen LogP contribution < -0.4 is 11.1 Å².